The molecule has 0 saturated carbocycles. The molecule has 1 atom stereocenters. The summed E-state index contributed by atoms with van der Waals surface area (Å²) in [6, 6.07) is 6.65. The van der Waals surface area contributed by atoms with Crippen molar-refractivity contribution in [2.45, 2.75) is 25.8 Å². The predicted molar refractivity (Wildman–Crippen MR) is 80.0 cm³/mol. The second kappa shape index (κ2) is 6.79. The monoisotopic (exact) mass is 307 g/mol. The first kappa shape index (κ1) is 16.3. The van der Waals surface area contributed by atoms with E-state index in [1.54, 1.807) is 24.3 Å². The number of amides is 1. The van der Waals surface area contributed by atoms with Gasteiger partial charge in [-0.2, -0.15) is 0 Å². The van der Waals surface area contributed by atoms with Gasteiger partial charge in [-0.05, 0) is 30.2 Å². The highest BCUT2D eigenvalue weighted by atomic mass is 16.5. The van der Waals surface area contributed by atoms with Gasteiger partial charge in [0.15, 0.2) is 5.54 Å². The summed E-state index contributed by atoms with van der Waals surface area (Å²) in [5.41, 5.74) is -0.936. The van der Waals surface area contributed by atoms with Crippen molar-refractivity contribution in [3.8, 4) is 5.75 Å². The maximum atomic E-state index is 12.2. The standard InChI is InChI=1S/C16H21NO5/c1-11(2)9-22-13-5-3-12(4-6-13)14(18)17-16(15(19)20)7-8-21-10-16/h3-6,11H,7-10H2,1-2H3,(H,17,18)(H,19,20). The van der Waals surface area contributed by atoms with Crippen LogP contribution in [0.25, 0.3) is 0 Å². The van der Waals surface area contributed by atoms with Crippen LogP contribution < -0.4 is 10.1 Å². The molecule has 120 valence electrons. The van der Waals surface area contributed by atoms with Gasteiger partial charge in [-0.25, -0.2) is 4.79 Å². The molecule has 1 aromatic rings. The van der Waals surface area contributed by atoms with Crippen LogP contribution in [0.4, 0.5) is 0 Å². The third-order valence-electron chi connectivity index (χ3n) is 3.48. The summed E-state index contributed by atoms with van der Waals surface area (Å²) in [7, 11) is 0. The number of rotatable bonds is 6. The van der Waals surface area contributed by atoms with E-state index in [2.05, 4.69) is 19.2 Å². The van der Waals surface area contributed by atoms with Crippen molar-refractivity contribution in [3.05, 3.63) is 29.8 Å². The molecule has 0 radical (unpaired) electrons. The van der Waals surface area contributed by atoms with Gasteiger partial charge in [0.05, 0.1) is 13.2 Å². The fourth-order valence-corrected chi connectivity index (χ4v) is 2.14. The first-order valence-electron chi connectivity index (χ1n) is 7.29. The van der Waals surface area contributed by atoms with Crippen LogP contribution in [-0.2, 0) is 9.53 Å². The second-order valence-corrected chi connectivity index (χ2v) is 5.87. The highest BCUT2D eigenvalue weighted by Gasteiger charge is 2.44. The molecule has 1 fully saturated rings. The van der Waals surface area contributed by atoms with E-state index in [-0.39, 0.29) is 13.0 Å². The Morgan fingerprint density at radius 3 is 2.55 bits per heavy atom. The summed E-state index contributed by atoms with van der Waals surface area (Å²) >= 11 is 0. The molecule has 1 unspecified atom stereocenters. The lowest BCUT2D eigenvalue weighted by Gasteiger charge is -2.23. The zero-order valence-corrected chi connectivity index (χ0v) is 12.8. The van der Waals surface area contributed by atoms with Crippen molar-refractivity contribution in [3.63, 3.8) is 0 Å². The number of nitrogens with one attached hydrogen (secondary N) is 1. The molecule has 22 heavy (non-hydrogen) atoms. The quantitative estimate of drug-likeness (QED) is 0.835. The van der Waals surface area contributed by atoms with E-state index < -0.39 is 17.4 Å². The molecule has 1 heterocycles. The molecule has 6 heteroatoms. The smallest absolute Gasteiger partial charge is 0.331 e. The summed E-state index contributed by atoms with van der Waals surface area (Å²) in [5, 5.41) is 11.9. The average molecular weight is 307 g/mol. The summed E-state index contributed by atoms with van der Waals surface area (Å²) in [6.07, 6.45) is 0.268. The second-order valence-electron chi connectivity index (χ2n) is 5.87. The minimum Gasteiger partial charge on any atom is -0.493 e. The van der Waals surface area contributed by atoms with E-state index in [0.29, 0.717) is 30.4 Å². The molecule has 1 saturated heterocycles. The Bertz CT molecular complexity index is 532. The largest absolute Gasteiger partial charge is 0.493 e. The molecule has 0 aliphatic carbocycles. The molecule has 0 aromatic heterocycles. The van der Waals surface area contributed by atoms with Gasteiger partial charge in [0.25, 0.3) is 5.91 Å². The molecular formula is C16H21NO5. The Hall–Kier alpha value is -2.08. The fourth-order valence-electron chi connectivity index (χ4n) is 2.14. The van der Waals surface area contributed by atoms with E-state index in [4.69, 9.17) is 9.47 Å². The Kier molecular flexibility index (Phi) is 5.03. The maximum absolute atomic E-state index is 12.2. The fraction of sp³-hybridized carbons (Fsp3) is 0.500. The zero-order chi connectivity index (χ0) is 16.2. The first-order valence-corrected chi connectivity index (χ1v) is 7.29. The maximum Gasteiger partial charge on any atom is 0.331 e. The highest BCUT2D eigenvalue weighted by Crippen LogP contribution is 2.20. The van der Waals surface area contributed by atoms with Gasteiger partial charge in [0.2, 0.25) is 0 Å². The average Bonchev–Trinajstić information content (AvgIpc) is 2.95. The molecule has 2 rings (SSSR count). The van der Waals surface area contributed by atoms with Crippen molar-refractivity contribution in [1.29, 1.82) is 0 Å². The summed E-state index contributed by atoms with van der Waals surface area (Å²) < 4.78 is 10.7. The van der Waals surface area contributed by atoms with Crippen LogP contribution in [0.15, 0.2) is 24.3 Å². The van der Waals surface area contributed by atoms with Gasteiger partial charge < -0.3 is 19.9 Å². The number of carbonyl (C=O) groups is 2. The van der Waals surface area contributed by atoms with Gasteiger partial charge in [0, 0.05) is 18.6 Å². The predicted octanol–water partition coefficient (Wildman–Crippen LogP) is 1.69. The Balaban J connectivity index is 2.02. The topological polar surface area (TPSA) is 84.9 Å². The number of hydrogen-bond donors (Lipinski definition) is 2. The molecule has 0 spiro atoms. The van der Waals surface area contributed by atoms with Crippen molar-refractivity contribution in [2.24, 2.45) is 5.92 Å². The molecule has 6 nitrogen and oxygen atoms in total. The number of hydrogen-bond acceptors (Lipinski definition) is 4. The lowest BCUT2D eigenvalue weighted by Crippen LogP contribution is -2.55. The normalized spacial score (nSPS) is 20.9. The molecule has 2 N–H and O–H groups in total. The number of ether oxygens (including phenoxy) is 2. The Labute approximate surface area is 129 Å². The Morgan fingerprint density at radius 1 is 1.36 bits per heavy atom. The molecule has 1 aliphatic rings. The van der Waals surface area contributed by atoms with E-state index in [1.807, 2.05) is 0 Å². The van der Waals surface area contributed by atoms with Crippen molar-refractivity contribution < 1.29 is 24.2 Å². The van der Waals surface area contributed by atoms with E-state index in [1.165, 1.54) is 0 Å². The molecular weight excluding hydrogens is 286 g/mol. The highest BCUT2D eigenvalue weighted by molar-refractivity contribution is 5.98. The van der Waals surface area contributed by atoms with Crippen LogP contribution in [0.3, 0.4) is 0 Å². The summed E-state index contributed by atoms with van der Waals surface area (Å²) in [5.74, 6) is -0.401. The van der Waals surface area contributed by atoms with E-state index in [9.17, 15) is 14.7 Å². The number of carboxylic acid groups (broad SMARTS) is 1. The third-order valence-corrected chi connectivity index (χ3v) is 3.48. The van der Waals surface area contributed by atoms with Gasteiger partial charge in [-0.15, -0.1) is 0 Å². The minimum absolute atomic E-state index is 0.0103. The zero-order valence-electron chi connectivity index (χ0n) is 12.8. The minimum atomic E-state index is -1.33. The van der Waals surface area contributed by atoms with E-state index >= 15 is 0 Å². The number of carbonyl (C=O) groups excluding carboxylic acids is 1. The van der Waals surface area contributed by atoms with E-state index in [0.717, 1.165) is 0 Å². The lowest BCUT2D eigenvalue weighted by atomic mass is 9.98. The van der Waals surface area contributed by atoms with Crippen LogP contribution in [0.1, 0.15) is 30.6 Å². The molecule has 1 aliphatic heterocycles. The first-order chi connectivity index (χ1) is 10.4. The van der Waals surface area contributed by atoms with Gasteiger partial charge in [-0.3, -0.25) is 4.79 Å². The van der Waals surface area contributed by atoms with Gasteiger partial charge in [0.1, 0.15) is 5.75 Å². The third kappa shape index (κ3) is 3.76. The van der Waals surface area contributed by atoms with Gasteiger partial charge in [-0.1, -0.05) is 13.8 Å². The van der Waals surface area contributed by atoms with Crippen LogP contribution in [-0.4, -0.2) is 42.3 Å². The number of carboxylic acids is 1. The summed E-state index contributed by atoms with van der Waals surface area (Å²) in [4.78, 5) is 23.6. The van der Waals surface area contributed by atoms with Crippen molar-refractivity contribution in [2.75, 3.05) is 19.8 Å². The van der Waals surface area contributed by atoms with Crippen molar-refractivity contribution >= 4 is 11.9 Å². The lowest BCUT2D eigenvalue weighted by molar-refractivity contribution is -0.144. The van der Waals surface area contributed by atoms with Crippen molar-refractivity contribution in [1.82, 2.24) is 5.32 Å². The summed E-state index contributed by atoms with van der Waals surface area (Å²) in [6.45, 7) is 5.02. The van der Waals surface area contributed by atoms with Crippen LogP contribution in [0.5, 0.6) is 5.75 Å². The molecule has 1 amide bonds. The number of benzene rings is 1. The molecule has 0 bridgehead atoms. The molecule has 1 aromatic carbocycles. The SMILES string of the molecule is CC(C)COc1ccc(C(=O)NC2(C(=O)O)CCOC2)cc1. The van der Waals surface area contributed by atoms with Crippen LogP contribution in [0.2, 0.25) is 0 Å². The number of aliphatic carboxylic acids is 1. The van der Waals surface area contributed by atoms with Gasteiger partial charge >= 0.3 is 5.97 Å². The van der Waals surface area contributed by atoms with Crippen LogP contribution >= 0.6 is 0 Å². The van der Waals surface area contributed by atoms with Crippen LogP contribution in [0, 0.1) is 5.92 Å². The Morgan fingerprint density at radius 2 is 2.05 bits per heavy atom.